The lowest BCUT2D eigenvalue weighted by Gasteiger charge is -2.33. The Bertz CT molecular complexity index is 442. The van der Waals surface area contributed by atoms with E-state index in [1.165, 1.54) is 0 Å². The lowest BCUT2D eigenvalue weighted by atomic mass is 10.0. The number of rotatable bonds is 2. The Hall–Kier alpha value is -0.990. The minimum absolute atomic E-state index is 0. The molecule has 0 unspecified atom stereocenters. The van der Waals surface area contributed by atoms with Crippen LogP contribution in [0.3, 0.4) is 0 Å². The van der Waals surface area contributed by atoms with Crippen molar-refractivity contribution in [2.75, 3.05) is 26.2 Å². The molecule has 1 saturated heterocycles. The van der Waals surface area contributed by atoms with Crippen molar-refractivity contribution >= 4 is 24.8 Å². The number of benzene rings is 1. The number of phenols is 1. The highest BCUT2D eigenvalue weighted by Crippen LogP contribution is 2.30. The lowest BCUT2D eigenvalue weighted by molar-refractivity contribution is 0.183. The zero-order chi connectivity index (χ0) is 12.3. The number of hydrogen-bond donors (Lipinski definition) is 2. The molecule has 0 radical (unpaired) electrons. The summed E-state index contributed by atoms with van der Waals surface area (Å²) in [7, 11) is 0. The van der Waals surface area contributed by atoms with E-state index in [0.717, 1.165) is 31.7 Å². The second-order valence-corrected chi connectivity index (χ2v) is 4.32. The highest BCUT2D eigenvalue weighted by Gasteiger charge is 2.21. The van der Waals surface area contributed by atoms with Crippen LogP contribution in [-0.2, 0) is 0 Å². The monoisotopic (exact) mass is 303 g/mol. The summed E-state index contributed by atoms with van der Waals surface area (Å²) in [6.07, 6.45) is 0. The first-order valence-corrected chi connectivity index (χ1v) is 5.91. The minimum Gasteiger partial charge on any atom is -0.506 e. The molecule has 0 aromatic heterocycles. The van der Waals surface area contributed by atoms with Crippen LogP contribution in [0.2, 0.25) is 0 Å². The third-order valence-electron chi connectivity index (χ3n) is 3.34. The molecule has 0 aliphatic carbocycles. The third kappa shape index (κ3) is 3.99. The largest absolute Gasteiger partial charge is 0.506 e. The molecule has 4 nitrogen and oxygen atoms in total. The highest BCUT2D eigenvalue weighted by molar-refractivity contribution is 5.85. The Morgan fingerprint density at radius 3 is 2.53 bits per heavy atom. The van der Waals surface area contributed by atoms with Gasteiger partial charge in [0, 0.05) is 37.8 Å². The van der Waals surface area contributed by atoms with E-state index in [4.69, 9.17) is 5.26 Å². The number of nitrogens with one attached hydrogen (secondary N) is 1. The number of halogens is 2. The van der Waals surface area contributed by atoms with Gasteiger partial charge < -0.3 is 10.4 Å². The van der Waals surface area contributed by atoms with Crippen molar-refractivity contribution in [3.8, 4) is 11.8 Å². The van der Waals surface area contributed by atoms with Crippen molar-refractivity contribution in [3.05, 3.63) is 29.3 Å². The SMILES string of the molecule is C[C@H](c1cccc(C#N)c1O)N1CCNCC1.Cl.Cl. The topological polar surface area (TPSA) is 59.3 Å². The quantitative estimate of drug-likeness (QED) is 0.878. The Balaban J connectivity index is 0.00000162. The number of hydrogen-bond acceptors (Lipinski definition) is 4. The Morgan fingerprint density at radius 1 is 1.32 bits per heavy atom. The number of nitriles is 1. The van der Waals surface area contributed by atoms with E-state index in [1.807, 2.05) is 18.2 Å². The van der Waals surface area contributed by atoms with Crippen molar-refractivity contribution in [1.29, 1.82) is 5.26 Å². The predicted octanol–water partition coefficient (Wildman–Crippen LogP) is 2.07. The van der Waals surface area contributed by atoms with Crippen molar-refractivity contribution < 1.29 is 5.11 Å². The predicted molar refractivity (Wildman–Crippen MR) is 80.2 cm³/mol. The molecule has 1 fully saturated rings. The molecule has 106 valence electrons. The summed E-state index contributed by atoms with van der Waals surface area (Å²) in [5.41, 5.74) is 1.19. The maximum absolute atomic E-state index is 10.0. The molecule has 1 heterocycles. The average Bonchev–Trinajstić information content (AvgIpc) is 2.39. The average molecular weight is 304 g/mol. The standard InChI is InChI=1S/C13H17N3O.2ClH/c1-10(16-7-5-15-6-8-16)12-4-2-3-11(9-14)13(12)17;;/h2-4,10,15,17H,5-8H2,1H3;2*1H/t10-;;/m1../s1. The van der Waals surface area contributed by atoms with E-state index in [2.05, 4.69) is 17.1 Å². The first kappa shape index (κ1) is 18.0. The summed E-state index contributed by atoms with van der Waals surface area (Å²) in [6, 6.07) is 7.52. The fourth-order valence-corrected chi connectivity index (χ4v) is 2.25. The van der Waals surface area contributed by atoms with E-state index in [1.54, 1.807) is 6.07 Å². The molecule has 1 aromatic carbocycles. The third-order valence-corrected chi connectivity index (χ3v) is 3.34. The zero-order valence-corrected chi connectivity index (χ0v) is 12.4. The summed E-state index contributed by atoms with van der Waals surface area (Å²) >= 11 is 0. The van der Waals surface area contributed by atoms with Crippen LogP contribution in [0.4, 0.5) is 0 Å². The molecule has 1 aromatic rings. The van der Waals surface area contributed by atoms with Gasteiger partial charge in [0.1, 0.15) is 11.8 Å². The van der Waals surface area contributed by atoms with Gasteiger partial charge in [-0.3, -0.25) is 4.90 Å². The smallest absolute Gasteiger partial charge is 0.138 e. The summed E-state index contributed by atoms with van der Waals surface area (Å²) in [6.45, 7) is 5.96. The summed E-state index contributed by atoms with van der Waals surface area (Å²) < 4.78 is 0. The second-order valence-electron chi connectivity index (χ2n) is 4.32. The van der Waals surface area contributed by atoms with E-state index in [9.17, 15) is 5.11 Å². The molecule has 0 spiro atoms. The molecule has 1 aliphatic rings. The molecular formula is C13H19Cl2N3O. The normalized spacial score (nSPS) is 16.6. The van der Waals surface area contributed by atoms with E-state index >= 15 is 0 Å². The maximum atomic E-state index is 10.0. The van der Waals surface area contributed by atoms with Crippen LogP contribution in [0, 0.1) is 11.3 Å². The van der Waals surface area contributed by atoms with Crippen LogP contribution in [0.25, 0.3) is 0 Å². The summed E-state index contributed by atoms with van der Waals surface area (Å²) in [4.78, 5) is 2.31. The van der Waals surface area contributed by atoms with Gasteiger partial charge >= 0.3 is 0 Å². The van der Waals surface area contributed by atoms with Crippen LogP contribution in [-0.4, -0.2) is 36.2 Å². The molecule has 1 atom stereocenters. The fourth-order valence-electron chi connectivity index (χ4n) is 2.25. The van der Waals surface area contributed by atoms with Gasteiger partial charge in [-0.15, -0.1) is 24.8 Å². The van der Waals surface area contributed by atoms with Gasteiger partial charge in [0.2, 0.25) is 0 Å². The Labute approximate surface area is 126 Å². The number of para-hydroxylation sites is 1. The number of nitrogens with zero attached hydrogens (tertiary/aromatic N) is 2. The van der Waals surface area contributed by atoms with Crippen LogP contribution >= 0.6 is 24.8 Å². The van der Waals surface area contributed by atoms with E-state index in [0.29, 0.717) is 5.56 Å². The van der Waals surface area contributed by atoms with Crippen molar-refractivity contribution in [2.45, 2.75) is 13.0 Å². The summed E-state index contributed by atoms with van der Waals surface area (Å²) in [5.74, 6) is 0.126. The first-order chi connectivity index (χ1) is 8.24. The number of phenolic OH excluding ortho intramolecular Hbond substituents is 1. The lowest BCUT2D eigenvalue weighted by Crippen LogP contribution is -2.44. The van der Waals surface area contributed by atoms with Crippen LogP contribution in [0.5, 0.6) is 5.75 Å². The second kappa shape index (κ2) is 8.23. The van der Waals surface area contributed by atoms with Gasteiger partial charge in [-0.1, -0.05) is 12.1 Å². The zero-order valence-electron chi connectivity index (χ0n) is 10.8. The van der Waals surface area contributed by atoms with Crippen LogP contribution in [0.1, 0.15) is 24.1 Å². The van der Waals surface area contributed by atoms with Crippen LogP contribution in [0.15, 0.2) is 18.2 Å². The first-order valence-electron chi connectivity index (χ1n) is 5.91. The van der Waals surface area contributed by atoms with Gasteiger partial charge in [0.25, 0.3) is 0 Å². The van der Waals surface area contributed by atoms with Crippen molar-refractivity contribution in [2.24, 2.45) is 0 Å². The van der Waals surface area contributed by atoms with Crippen LogP contribution < -0.4 is 5.32 Å². The Morgan fingerprint density at radius 2 is 1.95 bits per heavy atom. The Kier molecular flexibility index (Phi) is 7.81. The highest BCUT2D eigenvalue weighted by atomic mass is 35.5. The maximum Gasteiger partial charge on any atom is 0.138 e. The van der Waals surface area contributed by atoms with Crippen molar-refractivity contribution in [1.82, 2.24) is 10.2 Å². The molecular weight excluding hydrogens is 285 g/mol. The van der Waals surface area contributed by atoms with Gasteiger partial charge in [0.05, 0.1) is 5.56 Å². The molecule has 0 bridgehead atoms. The molecule has 2 rings (SSSR count). The van der Waals surface area contributed by atoms with Gasteiger partial charge in [-0.2, -0.15) is 5.26 Å². The summed E-state index contributed by atoms with van der Waals surface area (Å²) in [5, 5.41) is 22.2. The molecule has 0 saturated carbocycles. The van der Waals surface area contributed by atoms with Crippen molar-refractivity contribution in [3.63, 3.8) is 0 Å². The molecule has 1 aliphatic heterocycles. The van der Waals surface area contributed by atoms with Gasteiger partial charge in [-0.05, 0) is 13.0 Å². The van der Waals surface area contributed by atoms with Gasteiger partial charge in [0.15, 0.2) is 0 Å². The minimum atomic E-state index is 0. The molecule has 2 N–H and O–H groups in total. The van der Waals surface area contributed by atoms with E-state index < -0.39 is 0 Å². The number of aromatic hydroxyl groups is 1. The fraction of sp³-hybridized carbons (Fsp3) is 0.462. The van der Waals surface area contributed by atoms with E-state index in [-0.39, 0.29) is 36.6 Å². The molecule has 0 amide bonds. The molecule has 19 heavy (non-hydrogen) atoms. The number of piperazine rings is 1. The molecule has 6 heteroatoms. The van der Waals surface area contributed by atoms with Gasteiger partial charge in [-0.25, -0.2) is 0 Å².